The lowest BCUT2D eigenvalue weighted by atomic mass is 9.98. The van der Waals surface area contributed by atoms with Crippen LogP contribution >= 0.6 is 0 Å². The van der Waals surface area contributed by atoms with Crippen molar-refractivity contribution in [2.45, 2.75) is 39.0 Å². The molecule has 1 N–H and O–H groups in total. The topological polar surface area (TPSA) is 46.2 Å². The minimum atomic E-state index is -3.39. The summed E-state index contributed by atoms with van der Waals surface area (Å²) in [6.45, 7) is 6.19. The molecule has 0 fully saturated rings. The fourth-order valence-corrected chi connectivity index (χ4v) is 3.95. The van der Waals surface area contributed by atoms with Crippen LogP contribution in [0.5, 0.6) is 0 Å². The van der Waals surface area contributed by atoms with Crippen LogP contribution in [0.15, 0.2) is 54.6 Å². The summed E-state index contributed by atoms with van der Waals surface area (Å²) in [6, 6.07) is 17.2. The smallest absolute Gasteiger partial charge is 0.212 e. The molecular weight excluding hydrogens is 306 g/mol. The monoisotopic (exact) mass is 331 g/mol. The molecular formula is C19H25NO2S. The van der Waals surface area contributed by atoms with Crippen molar-refractivity contribution in [1.82, 2.24) is 4.72 Å². The van der Waals surface area contributed by atoms with E-state index in [4.69, 9.17) is 0 Å². The van der Waals surface area contributed by atoms with Gasteiger partial charge >= 0.3 is 0 Å². The number of aryl methyl sites for hydroxylation is 1. The van der Waals surface area contributed by atoms with Crippen molar-refractivity contribution in [1.29, 1.82) is 0 Å². The summed E-state index contributed by atoms with van der Waals surface area (Å²) in [6.07, 6.45) is 0.775. The van der Waals surface area contributed by atoms with E-state index in [1.807, 2.05) is 61.5 Å². The van der Waals surface area contributed by atoms with E-state index in [0.717, 1.165) is 23.1 Å². The Labute approximate surface area is 139 Å². The van der Waals surface area contributed by atoms with Crippen molar-refractivity contribution >= 4 is 10.0 Å². The lowest BCUT2D eigenvalue weighted by molar-refractivity contribution is 0.472. The first-order valence-electron chi connectivity index (χ1n) is 7.96. The highest BCUT2D eigenvalue weighted by atomic mass is 32.2. The van der Waals surface area contributed by atoms with E-state index in [1.54, 1.807) is 0 Å². The third kappa shape index (κ3) is 5.81. The molecule has 2 aromatic carbocycles. The normalized spacial score (nSPS) is 13.2. The summed E-state index contributed by atoms with van der Waals surface area (Å²) in [5.41, 5.74) is 2.94. The summed E-state index contributed by atoms with van der Waals surface area (Å²) >= 11 is 0. The van der Waals surface area contributed by atoms with E-state index in [0.29, 0.717) is 5.92 Å². The van der Waals surface area contributed by atoms with Crippen LogP contribution in [-0.4, -0.2) is 8.42 Å². The van der Waals surface area contributed by atoms with E-state index in [9.17, 15) is 8.42 Å². The van der Waals surface area contributed by atoms with Crippen molar-refractivity contribution in [2.24, 2.45) is 5.92 Å². The second-order valence-corrected chi connectivity index (χ2v) is 8.21. The fourth-order valence-electron chi connectivity index (χ4n) is 2.57. The highest BCUT2D eigenvalue weighted by molar-refractivity contribution is 7.88. The first-order valence-corrected chi connectivity index (χ1v) is 9.61. The summed E-state index contributed by atoms with van der Waals surface area (Å²) in [5, 5.41) is 0. The summed E-state index contributed by atoms with van der Waals surface area (Å²) in [7, 11) is -3.39. The molecule has 0 bridgehead atoms. The lowest BCUT2D eigenvalue weighted by Gasteiger charge is -2.21. The minimum absolute atomic E-state index is 0.00864. The molecule has 0 aliphatic rings. The van der Waals surface area contributed by atoms with E-state index >= 15 is 0 Å². The van der Waals surface area contributed by atoms with Gasteiger partial charge in [-0.05, 0) is 30.4 Å². The third-order valence-corrected chi connectivity index (χ3v) is 5.07. The Kier molecular flexibility index (Phi) is 5.97. The quantitative estimate of drug-likeness (QED) is 0.826. The van der Waals surface area contributed by atoms with Gasteiger partial charge in [0.1, 0.15) is 0 Å². The molecule has 0 aromatic heterocycles. The Bertz CT molecular complexity index is 707. The Morgan fingerprint density at radius 3 is 2.13 bits per heavy atom. The number of rotatable bonds is 7. The maximum absolute atomic E-state index is 12.5. The van der Waals surface area contributed by atoms with Crippen LogP contribution in [0.3, 0.4) is 0 Å². The van der Waals surface area contributed by atoms with Crippen LogP contribution in [0.1, 0.15) is 43.0 Å². The van der Waals surface area contributed by atoms with Crippen LogP contribution in [0.4, 0.5) is 0 Å². The van der Waals surface area contributed by atoms with Crippen LogP contribution in [-0.2, 0) is 15.8 Å². The van der Waals surface area contributed by atoms with Gasteiger partial charge in [0.05, 0.1) is 5.75 Å². The molecule has 0 spiro atoms. The molecule has 0 radical (unpaired) electrons. The molecule has 23 heavy (non-hydrogen) atoms. The number of hydrogen-bond acceptors (Lipinski definition) is 2. The average molecular weight is 331 g/mol. The molecule has 0 heterocycles. The van der Waals surface area contributed by atoms with Gasteiger partial charge in [-0.3, -0.25) is 0 Å². The predicted molar refractivity (Wildman–Crippen MR) is 95.6 cm³/mol. The molecule has 0 aliphatic carbocycles. The fraction of sp³-hybridized carbons (Fsp3) is 0.368. The van der Waals surface area contributed by atoms with E-state index in [-0.39, 0.29) is 11.8 Å². The lowest BCUT2D eigenvalue weighted by Crippen LogP contribution is -2.30. The van der Waals surface area contributed by atoms with Gasteiger partial charge in [0.25, 0.3) is 0 Å². The summed E-state index contributed by atoms with van der Waals surface area (Å²) in [5.74, 6) is 0.414. The molecule has 2 rings (SSSR count). The third-order valence-electron chi connectivity index (χ3n) is 3.71. The number of nitrogens with one attached hydrogen (secondary N) is 1. The van der Waals surface area contributed by atoms with Crippen molar-refractivity contribution in [2.75, 3.05) is 0 Å². The Morgan fingerprint density at radius 2 is 1.57 bits per heavy atom. The largest absolute Gasteiger partial charge is 0.216 e. The van der Waals surface area contributed by atoms with Gasteiger partial charge in [-0.25, -0.2) is 13.1 Å². The average Bonchev–Trinajstić information content (AvgIpc) is 2.49. The molecule has 3 nitrogen and oxygen atoms in total. The second kappa shape index (κ2) is 7.75. The van der Waals surface area contributed by atoms with Crippen molar-refractivity contribution < 1.29 is 8.42 Å². The van der Waals surface area contributed by atoms with Gasteiger partial charge in [-0.15, -0.1) is 0 Å². The standard InChI is InChI=1S/C19H25NO2S/c1-15(2)13-19(18-7-5-4-6-8-18)20-23(21,22)14-17-11-9-16(3)10-12-17/h4-12,15,19-20H,13-14H2,1-3H3/t19-/m0/s1. The van der Waals surface area contributed by atoms with Crippen LogP contribution < -0.4 is 4.72 Å². The zero-order chi connectivity index (χ0) is 16.9. The SMILES string of the molecule is Cc1ccc(CS(=O)(=O)N[C@@H](CC(C)C)c2ccccc2)cc1. The molecule has 0 amide bonds. The molecule has 1 atom stereocenters. The summed E-state index contributed by atoms with van der Waals surface area (Å²) in [4.78, 5) is 0. The van der Waals surface area contributed by atoms with Gasteiger partial charge in [-0.2, -0.15) is 0 Å². The molecule has 124 valence electrons. The van der Waals surface area contributed by atoms with E-state index in [1.165, 1.54) is 0 Å². The predicted octanol–water partition coefficient (Wildman–Crippen LogP) is 4.20. The highest BCUT2D eigenvalue weighted by Gasteiger charge is 2.20. The molecule has 0 saturated carbocycles. The van der Waals surface area contributed by atoms with Gasteiger partial charge in [0.15, 0.2) is 0 Å². The van der Waals surface area contributed by atoms with Crippen molar-refractivity contribution in [3.63, 3.8) is 0 Å². The minimum Gasteiger partial charge on any atom is -0.212 e. The van der Waals surface area contributed by atoms with E-state index in [2.05, 4.69) is 18.6 Å². The van der Waals surface area contributed by atoms with Gasteiger partial charge < -0.3 is 0 Å². The Balaban J connectivity index is 2.15. The zero-order valence-corrected chi connectivity index (χ0v) is 14.8. The molecule has 4 heteroatoms. The number of benzene rings is 2. The Hall–Kier alpha value is -1.65. The maximum Gasteiger partial charge on any atom is 0.216 e. The van der Waals surface area contributed by atoms with Gasteiger partial charge in [0, 0.05) is 6.04 Å². The van der Waals surface area contributed by atoms with Gasteiger partial charge in [-0.1, -0.05) is 74.0 Å². The van der Waals surface area contributed by atoms with Crippen LogP contribution in [0, 0.1) is 12.8 Å². The second-order valence-electron chi connectivity index (χ2n) is 6.46. The highest BCUT2D eigenvalue weighted by Crippen LogP contribution is 2.22. The maximum atomic E-state index is 12.5. The van der Waals surface area contributed by atoms with Crippen molar-refractivity contribution in [3.05, 3.63) is 71.3 Å². The van der Waals surface area contributed by atoms with Gasteiger partial charge in [0.2, 0.25) is 10.0 Å². The van der Waals surface area contributed by atoms with E-state index < -0.39 is 10.0 Å². The number of hydrogen-bond donors (Lipinski definition) is 1. The molecule has 0 aliphatic heterocycles. The first kappa shape index (κ1) is 17.7. The van der Waals surface area contributed by atoms with Crippen molar-refractivity contribution in [3.8, 4) is 0 Å². The Morgan fingerprint density at radius 1 is 0.957 bits per heavy atom. The number of sulfonamides is 1. The molecule has 0 saturated heterocycles. The first-order chi connectivity index (χ1) is 10.9. The van der Waals surface area contributed by atoms with Crippen LogP contribution in [0.25, 0.3) is 0 Å². The zero-order valence-electron chi connectivity index (χ0n) is 14.0. The summed E-state index contributed by atoms with van der Waals surface area (Å²) < 4.78 is 28.0. The van der Waals surface area contributed by atoms with Crippen LogP contribution in [0.2, 0.25) is 0 Å². The molecule has 2 aromatic rings. The molecule has 0 unspecified atom stereocenters.